The van der Waals surface area contributed by atoms with Crippen molar-refractivity contribution >= 4 is 6.09 Å². The van der Waals surface area contributed by atoms with Gasteiger partial charge in [0.05, 0.1) is 13.2 Å². The van der Waals surface area contributed by atoms with Gasteiger partial charge in [0.25, 0.3) is 0 Å². The number of amides is 1. The lowest BCUT2D eigenvalue weighted by atomic mass is 9.51. The van der Waals surface area contributed by atoms with Gasteiger partial charge in [-0.15, -0.1) is 0 Å². The third-order valence-corrected chi connectivity index (χ3v) is 9.43. The molecular weight excluding hydrogens is 408 g/mol. The quantitative estimate of drug-likeness (QED) is 0.511. The molecule has 182 valence electrons. The maximum atomic E-state index is 13.0. The maximum absolute atomic E-state index is 13.0. The zero-order valence-electron chi connectivity index (χ0n) is 19.8. The minimum absolute atomic E-state index is 0.0374. The first-order valence-corrected chi connectivity index (χ1v) is 13.1. The van der Waals surface area contributed by atoms with Crippen molar-refractivity contribution in [3.63, 3.8) is 0 Å². The number of piperidine rings is 1. The standard InChI is InChI=1S/C25H42N2O5/c1-30-18-31-17-24-11-8-6-4-2-3-5-7-9-12-26-13-10-20-19(14-24)15-27-23(29)32-21(16-28)25(20,27)22(24)26/h19-22,28H,2-18H2,1H3/t19-,20+,21+,22-,24+,25+/m0/s1. The van der Waals surface area contributed by atoms with E-state index in [0.29, 0.717) is 25.2 Å². The Morgan fingerprint density at radius 1 is 1.09 bits per heavy atom. The third-order valence-electron chi connectivity index (χ3n) is 9.43. The molecule has 5 rings (SSSR count). The van der Waals surface area contributed by atoms with Gasteiger partial charge in [-0.2, -0.15) is 0 Å². The van der Waals surface area contributed by atoms with Crippen LogP contribution in [0.15, 0.2) is 0 Å². The fraction of sp³-hybridized carbons (Fsp3) is 0.960. The molecular formula is C25H42N2O5. The Hall–Kier alpha value is -0.890. The molecule has 0 radical (unpaired) electrons. The number of cyclic esters (lactones) is 1. The van der Waals surface area contributed by atoms with Crippen LogP contribution in [0.2, 0.25) is 0 Å². The van der Waals surface area contributed by atoms with Crippen LogP contribution in [0.5, 0.6) is 0 Å². The van der Waals surface area contributed by atoms with Gasteiger partial charge in [0, 0.05) is 25.1 Å². The molecule has 1 aliphatic carbocycles. The SMILES string of the molecule is COCOC[C@]12CCCCCCCCCCN3CC[C@@H]4[C@H](CN5C(=O)O[C@H](CO)[C@@]45[C@@H]31)C2. The first-order valence-electron chi connectivity index (χ1n) is 13.1. The van der Waals surface area contributed by atoms with Gasteiger partial charge < -0.3 is 19.3 Å². The second-order valence-corrected chi connectivity index (χ2v) is 11.0. The number of rotatable bonds is 5. The Bertz CT molecular complexity index is 677. The van der Waals surface area contributed by atoms with Gasteiger partial charge in [-0.25, -0.2) is 4.79 Å². The molecule has 4 bridgehead atoms. The van der Waals surface area contributed by atoms with Crippen molar-refractivity contribution in [2.24, 2.45) is 17.3 Å². The predicted molar refractivity (Wildman–Crippen MR) is 120 cm³/mol. The molecule has 0 aromatic heterocycles. The summed E-state index contributed by atoms with van der Waals surface area (Å²) in [7, 11) is 1.68. The van der Waals surface area contributed by atoms with Crippen molar-refractivity contribution < 1.29 is 24.1 Å². The van der Waals surface area contributed by atoms with Crippen molar-refractivity contribution in [1.29, 1.82) is 0 Å². The summed E-state index contributed by atoms with van der Waals surface area (Å²) >= 11 is 0. The van der Waals surface area contributed by atoms with Crippen LogP contribution in [0.25, 0.3) is 0 Å². The highest BCUT2D eigenvalue weighted by Gasteiger charge is 2.76. The average molecular weight is 451 g/mol. The molecule has 4 heterocycles. The van der Waals surface area contributed by atoms with Crippen molar-refractivity contribution in [1.82, 2.24) is 9.80 Å². The highest BCUT2D eigenvalue weighted by Crippen LogP contribution is 2.65. The number of carbonyl (C=O) groups excluding carboxylic acids is 1. The summed E-state index contributed by atoms with van der Waals surface area (Å²) in [6, 6.07) is 0.175. The lowest BCUT2D eigenvalue weighted by Gasteiger charge is -2.63. The number of aliphatic hydroxyl groups excluding tert-OH is 1. The van der Waals surface area contributed by atoms with E-state index in [1.807, 2.05) is 0 Å². The summed E-state index contributed by atoms with van der Waals surface area (Å²) in [6.45, 7) is 3.79. The van der Waals surface area contributed by atoms with E-state index >= 15 is 0 Å². The molecule has 32 heavy (non-hydrogen) atoms. The van der Waals surface area contributed by atoms with E-state index in [4.69, 9.17) is 14.2 Å². The molecule has 5 fully saturated rings. The molecule has 6 atom stereocenters. The zero-order chi connectivity index (χ0) is 22.2. The monoisotopic (exact) mass is 450 g/mol. The normalized spacial score (nSPS) is 42.6. The predicted octanol–water partition coefficient (Wildman–Crippen LogP) is 3.39. The zero-order valence-corrected chi connectivity index (χ0v) is 19.8. The first-order chi connectivity index (χ1) is 15.7. The van der Waals surface area contributed by atoms with Crippen LogP contribution in [0.4, 0.5) is 4.79 Å². The van der Waals surface area contributed by atoms with E-state index < -0.39 is 11.6 Å². The molecule has 7 nitrogen and oxygen atoms in total. The van der Waals surface area contributed by atoms with Crippen molar-refractivity contribution in [2.45, 2.75) is 88.3 Å². The second-order valence-electron chi connectivity index (χ2n) is 11.0. The van der Waals surface area contributed by atoms with Crippen molar-refractivity contribution in [2.75, 3.05) is 46.8 Å². The summed E-state index contributed by atoms with van der Waals surface area (Å²) in [5.41, 5.74) is -0.450. The Morgan fingerprint density at radius 3 is 2.59 bits per heavy atom. The minimum Gasteiger partial charge on any atom is -0.441 e. The smallest absolute Gasteiger partial charge is 0.410 e. The van der Waals surface area contributed by atoms with E-state index in [9.17, 15) is 9.90 Å². The van der Waals surface area contributed by atoms with E-state index in [1.54, 1.807) is 7.11 Å². The fourth-order valence-corrected chi connectivity index (χ4v) is 8.51. The van der Waals surface area contributed by atoms with E-state index in [0.717, 1.165) is 38.9 Å². The average Bonchev–Trinajstić information content (AvgIpc) is 3.19. The van der Waals surface area contributed by atoms with Gasteiger partial charge >= 0.3 is 6.09 Å². The second kappa shape index (κ2) is 9.40. The maximum Gasteiger partial charge on any atom is 0.410 e. The molecule has 0 aromatic rings. The molecule has 4 aliphatic heterocycles. The number of methoxy groups -OCH3 is 1. The Balaban J connectivity index is 1.57. The summed E-state index contributed by atoms with van der Waals surface area (Å²) < 4.78 is 17.3. The van der Waals surface area contributed by atoms with Crippen LogP contribution in [-0.4, -0.2) is 85.4 Å². The molecule has 7 heteroatoms. The van der Waals surface area contributed by atoms with Crippen LogP contribution in [-0.2, 0) is 14.2 Å². The Labute approximate surface area is 192 Å². The Morgan fingerprint density at radius 2 is 1.84 bits per heavy atom. The summed E-state index contributed by atoms with van der Waals surface area (Å²) in [6.07, 6.45) is 12.9. The van der Waals surface area contributed by atoms with Gasteiger partial charge in [-0.1, -0.05) is 44.9 Å². The molecule has 1 amide bonds. The van der Waals surface area contributed by atoms with Gasteiger partial charge in [-0.3, -0.25) is 9.80 Å². The van der Waals surface area contributed by atoms with E-state index in [1.165, 1.54) is 51.4 Å². The van der Waals surface area contributed by atoms with Gasteiger partial charge in [0.1, 0.15) is 12.3 Å². The van der Waals surface area contributed by atoms with Crippen LogP contribution < -0.4 is 0 Å². The van der Waals surface area contributed by atoms with E-state index in [2.05, 4.69) is 9.80 Å². The number of hydrogen-bond acceptors (Lipinski definition) is 6. The topological polar surface area (TPSA) is 71.5 Å². The van der Waals surface area contributed by atoms with Gasteiger partial charge in [0.15, 0.2) is 6.10 Å². The molecule has 1 saturated carbocycles. The van der Waals surface area contributed by atoms with Crippen LogP contribution in [0.3, 0.4) is 0 Å². The van der Waals surface area contributed by atoms with Gasteiger partial charge in [-0.05, 0) is 50.6 Å². The Kier molecular flexibility index (Phi) is 6.72. The molecule has 4 saturated heterocycles. The highest BCUT2D eigenvalue weighted by molar-refractivity contribution is 5.73. The van der Waals surface area contributed by atoms with Crippen molar-refractivity contribution in [3.8, 4) is 0 Å². The number of hydrogen-bond donors (Lipinski definition) is 1. The fourth-order valence-electron chi connectivity index (χ4n) is 8.51. The van der Waals surface area contributed by atoms with E-state index in [-0.39, 0.29) is 24.2 Å². The van der Waals surface area contributed by atoms with Crippen LogP contribution in [0, 0.1) is 17.3 Å². The first kappa shape index (κ1) is 22.9. The van der Waals surface area contributed by atoms with Crippen LogP contribution in [0.1, 0.15) is 70.6 Å². The van der Waals surface area contributed by atoms with Crippen molar-refractivity contribution in [3.05, 3.63) is 0 Å². The summed E-state index contributed by atoms with van der Waals surface area (Å²) in [5, 5.41) is 10.4. The van der Waals surface area contributed by atoms with Crippen LogP contribution >= 0.6 is 0 Å². The molecule has 0 unspecified atom stereocenters. The van der Waals surface area contributed by atoms with Gasteiger partial charge in [0.2, 0.25) is 0 Å². The molecule has 1 spiro atoms. The lowest BCUT2D eigenvalue weighted by Crippen LogP contribution is -2.76. The lowest BCUT2D eigenvalue weighted by molar-refractivity contribution is -0.177. The molecule has 0 aromatic carbocycles. The largest absolute Gasteiger partial charge is 0.441 e. The number of aliphatic hydroxyl groups is 1. The minimum atomic E-state index is -0.435. The third kappa shape index (κ3) is 3.50. The summed E-state index contributed by atoms with van der Waals surface area (Å²) in [5.74, 6) is 0.885. The number of nitrogens with zero attached hydrogens (tertiary/aromatic N) is 2. The number of carbonyl (C=O) groups is 1. The molecule has 1 N–H and O–H groups in total. The summed E-state index contributed by atoms with van der Waals surface area (Å²) in [4.78, 5) is 17.8. The molecule has 5 aliphatic rings. The highest BCUT2D eigenvalue weighted by atomic mass is 16.7. The number of ether oxygens (including phenoxy) is 3.